The van der Waals surface area contributed by atoms with E-state index in [2.05, 4.69) is 11.9 Å². The van der Waals surface area contributed by atoms with Crippen molar-refractivity contribution in [3.05, 3.63) is 35.0 Å². The van der Waals surface area contributed by atoms with Crippen molar-refractivity contribution in [1.29, 1.82) is 0 Å². The fraction of sp³-hybridized carbons (Fsp3) is 0.400. The van der Waals surface area contributed by atoms with Gasteiger partial charge in [-0.25, -0.2) is 0 Å². The highest BCUT2D eigenvalue weighted by atomic mass is 32.1. The standard InChI is InChI=1S/C15H19NOS/c1-2-3-4-5-10-17-12-6-7-13-14(11-12)16-9-8-15(13)18/h6-9,11H,2-5,10H2,1H3,(H,16,18). The third-order valence-corrected chi connectivity index (χ3v) is 3.35. The van der Waals surface area contributed by atoms with Crippen LogP contribution >= 0.6 is 12.2 Å². The predicted octanol–water partition coefficient (Wildman–Crippen LogP) is 4.86. The van der Waals surface area contributed by atoms with Gasteiger partial charge in [0.25, 0.3) is 0 Å². The second kappa shape index (κ2) is 6.55. The summed E-state index contributed by atoms with van der Waals surface area (Å²) in [5, 5.41) is 1.07. The molecule has 96 valence electrons. The molecule has 0 bridgehead atoms. The average molecular weight is 261 g/mol. The Morgan fingerprint density at radius 2 is 2.06 bits per heavy atom. The molecule has 18 heavy (non-hydrogen) atoms. The Hall–Kier alpha value is -1.35. The van der Waals surface area contributed by atoms with Crippen molar-refractivity contribution in [3.8, 4) is 5.75 Å². The Morgan fingerprint density at radius 3 is 2.89 bits per heavy atom. The zero-order valence-corrected chi connectivity index (χ0v) is 11.6. The van der Waals surface area contributed by atoms with E-state index in [1.807, 2.05) is 30.5 Å². The van der Waals surface area contributed by atoms with Gasteiger partial charge in [0.2, 0.25) is 0 Å². The van der Waals surface area contributed by atoms with Gasteiger partial charge in [-0.05, 0) is 24.6 Å². The minimum absolute atomic E-state index is 0.791. The zero-order valence-electron chi connectivity index (χ0n) is 10.7. The molecule has 0 atom stereocenters. The van der Waals surface area contributed by atoms with E-state index in [0.29, 0.717) is 0 Å². The molecule has 0 radical (unpaired) electrons. The van der Waals surface area contributed by atoms with Gasteiger partial charge in [-0.3, -0.25) is 0 Å². The monoisotopic (exact) mass is 261 g/mol. The summed E-state index contributed by atoms with van der Waals surface area (Å²) >= 11 is 5.27. The van der Waals surface area contributed by atoms with Crippen LogP contribution in [0.15, 0.2) is 30.5 Å². The number of unbranched alkanes of at least 4 members (excludes halogenated alkanes) is 3. The molecule has 0 aliphatic rings. The summed E-state index contributed by atoms with van der Waals surface area (Å²) in [7, 11) is 0. The fourth-order valence-corrected chi connectivity index (χ4v) is 2.21. The minimum atomic E-state index is 0.791. The van der Waals surface area contributed by atoms with Crippen LogP contribution in [0.25, 0.3) is 10.9 Å². The van der Waals surface area contributed by atoms with Crippen molar-refractivity contribution >= 4 is 23.1 Å². The minimum Gasteiger partial charge on any atom is -0.494 e. The number of rotatable bonds is 6. The Bertz CT molecular complexity index is 562. The van der Waals surface area contributed by atoms with E-state index >= 15 is 0 Å². The lowest BCUT2D eigenvalue weighted by molar-refractivity contribution is 0.305. The summed E-state index contributed by atoms with van der Waals surface area (Å²) in [6, 6.07) is 7.94. The second-order valence-electron chi connectivity index (χ2n) is 4.46. The summed E-state index contributed by atoms with van der Waals surface area (Å²) in [6.07, 6.45) is 6.78. The molecule has 0 aliphatic carbocycles. The number of hydrogen-bond acceptors (Lipinski definition) is 2. The summed E-state index contributed by atoms with van der Waals surface area (Å²) < 4.78 is 6.62. The molecule has 0 amide bonds. The van der Waals surface area contributed by atoms with Crippen molar-refractivity contribution in [3.63, 3.8) is 0 Å². The number of aromatic amines is 1. The van der Waals surface area contributed by atoms with Crippen LogP contribution < -0.4 is 4.74 Å². The van der Waals surface area contributed by atoms with Gasteiger partial charge in [0.15, 0.2) is 0 Å². The number of fused-ring (bicyclic) bond motifs is 1. The summed E-state index contributed by atoms with van der Waals surface area (Å²) in [5.74, 6) is 0.913. The first-order valence-corrected chi connectivity index (χ1v) is 6.96. The van der Waals surface area contributed by atoms with E-state index in [-0.39, 0.29) is 0 Å². The predicted molar refractivity (Wildman–Crippen MR) is 78.8 cm³/mol. The van der Waals surface area contributed by atoms with Crippen molar-refractivity contribution in [2.24, 2.45) is 0 Å². The number of pyridine rings is 1. The van der Waals surface area contributed by atoms with E-state index in [0.717, 1.165) is 34.2 Å². The molecule has 2 aromatic rings. The molecule has 0 unspecified atom stereocenters. The zero-order chi connectivity index (χ0) is 12.8. The van der Waals surface area contributed by atoms with Crippen LogP contribution in [-0.4, -0.2) is 11.6 Å². The Kier molecular flexibility index (Phi) is 4.76. The van der Waals surface area contributed by atoms with Crippen LogP contribution in [0.1, 0.15) is 32.6 Å². The van der Waals surface area contributed by atoms with Crippen LogP contribution in [0, 0.1) is 4.51 Å². The van der Waals surface area contributed by atoms with Gasteiger partial charge in [-0.15, -0.1) is 0 Å². The first kappa shape index (κ1) is 13.1. The molecule has 0 saturated heterocycles. The maximum absolute atomic E-state index is 5.75. The second-order valence-corrected chi connectivity index (χ2v) is 4.90. The first-order chi connectivity index (χ1) is 8.81. The molecule has 0 saturated carbocycles. The lowest BCUT2D eigenvalue weighted by Gasteiger charge is -2.07. The highest BCUT2D eigenvalue weighted by Gasteiger charge is 1.98. The van der Waals surface area contributed by atoms with E-state index < -0.39 is 0 Å². The molecule has 1 N–H and O–H groups in total. The van der Waals surface area contributed by atoms with E-state index in [9.17, 15) is 0 Å². The maximum atomic E-state index is 5.75. The molecular formula is C15H19NOS. The van der Waals surface area contributed by atoms with Crippen molar-refractivity contribution < 1.29 is 4.74 Å². The van der Waals surface area contributed by atoms with E-state index in [1.54, 1.807) is 0 Å². The molecule has 3 heteroatoms. The van der Waals surface area contributed by atoms with Crippen LogP contribution in [0.3, 0.4) is 0 Å². The van der Waals surface area contributed by atoms with E-state index in [1.165, 1.54) is 19.3 Å². The van der Waals surface area contributed by atoms with Crippen LogP contribution in [0.2, 0.25) is 0 Å². The number of H-pyrrole nitrogens is 1. The molecule has 1 heterocycles. The molecule has 0 spiro atoms. The third kappa shape index (κ3) is 3.33. The molecule has 2 nitrogen and oxygen atoms in total. The Morgan fingerprint density at radius 1 is 1.17 bits per heavy atom. The van der Waals surface area contributed by atoms with Gasteiger partial charge in [0.05, 0.1) is 12.1 Å². The van der Waals surface area contributed by atoms with Gasteiger partial charge < -0.3 is 9.72 Å². The number of benzene rings is 1. The fourth-order valence-electron chi connectivity index (χ4n) is 1.96. The Labute approximate surface area is 113 Å². The summed E-state index contributed by atoms with van der Waals surface area (Å²) in [5.41, 5.74) is 1.04. The average Bonchev–Trinajstić information content (AvgIpc) is 2.39. The van der Waals surface area contributed by atoms with Crippen LogP contribution in [0.5, 0.6) is 5.75 Å². The van der Waals surface area contributed by atoms with Crippen molar-refractivity contribution in [2.75, 3.05) is 6.61 Å². The van der Waals surface area contributed by atoms with Gasteiger partial charge in [-0.1, -0.05) is 38.4 Å². The van der Waals surface area contributed by atoms with Crippen molar-refractivity contribution in [1.82, 2.24) is 4.98 Å². The van der Waals surface area contributed by atoms with Crippen LogP contribution in [-0.2, 0) is 0 Å². The number of hydrogen-bond donors (Lipinski definition) is 1. The van der Waals surface area contributed by atoms with E-state index in [4.69, 9.17) is 17.0 Å². The largest absolute Gasteiger partial charge is 0.494 e. The van der Waals surface area contributed by atoms with Crippen molar-refractivity contribution in [2.45, 2.75) is 32.6 Å². The highest BCUT2D eigenvalue weighted by molar-refractivity contribution is 7.71. The van der Waals surface area contributed by atoms with Crippen LogP contribution in [0.4, 0.5) is 0 Å². The first-order valence-electron chi connectivity index (χ1n) is 6.55. The SMILES string of the molecule is CCCCCCOc1ccc2c(=S)cc[nH]c2c1. The summed E-state index contributed by atoms with van der Waals surface area (Å²) in [6.45, 7) is 3.01. The molecule has 1 aromatic carbocycles. The molecule has 2 rings (SSSR count). The molecular weight excluding hydrogens is 242 g/mol. The maximum Gasteiger partial charge on any atom is 0.121 e. The highest BCUT2D eigenvalue weighted by Crippen LogP contribution is 2.20. The smallest absolute Gasteiger partial charge is 0.121 e. The molecule has 1 aromatic heterocycles. The van der Waals surface area contributed by atoms with Gasteiger partial charge >= 0.3 is 0 Å². The number of ether oxygens (including phenoxy) is 1. The quantitative estimate of drug-likeness (QED) is 0.593. The lowest BCUT2D eigenvalue weighted by Crippen LogP contribution is -1.97. The molecule has 0 aliphatic heterocycles. The third-order valence-electron chi connectivity index (χ3n) is 3.00. The van der Waals surface area contributed by atoms with Gasteiger partial charge in [0.1, 0.15) is 5.75 Å². The number of nitrogens with one attached hydrogen (secondary N) is 1. The summed E-state index contributed by atoms with van der Waals surface area (Å²) in [4.78, 5) is 3.20. The normalized spacial score (nSPS) is 10.7. The Balaban J connectivity index is 2.00. The topological polar surface area (TPSA) is 25.0 Å². The van der Waals surface area contributed by atoms with Gasteiger partial charge in [-0.2, -0.15) is 0 Å². The number of aromatic nitrogens is 1. The lowest BCUT2D eigenvalue weighted by atomic mass is 10.2. The van der Waals surface area contributed by atoms with Gasteiger partial charge in [0, 0.05) is 22.2 Å². The molecule has 0 fully saturated rings.